The number of hydrogen-bond donors (Lipinski definition) is 1. The number of aromatic nitrogens is 1. The molecular weight excluding hydrogens is 296 g/mol. The number of hydrogen-bond acceptors (Lipinski definition) is 2. The van der Waals surface area contributed by atoms with Gasteiger partial charge in [0.1, 0.15) is 5.75 Å². The molecule has 0 radical (unpaired) electrons. The molecule has 1 N–H and O–H groups in total. The molecule has 24 heavy (non-hydrogen) atoms. The minimum Gasteiger partial charge on any atom is -0.497 e. The van der Waals surface area contributed by atoms with Crippen LogP contribution in [0.1, 0.15) is 50.3 Å². The summed E-state index contributed by atoms with van der Waals surface area (Å²) in [5.41, 5.74) is 4.49. The quantitative estimate of drug-likeness (QED) is 0.893. The van der Waals surface area contributed by atoms with Gasteiger partial charge >= 0.3 is 0 Å². The fourth-order valence-electron chi connectivity index (χ4n) is 5.43. The molecule has 2 aromatic rings. The molecule has 0 spiro atoms. The first-order valence-corrected chi connectivity index (χ1v) is 9.52. The van der Waals surface area contributed by atoms with Crippen molar-refractivity contribution in [2.45, 2.75) is 51.5 Å². The Bertz CT molecular complexity index is 748. The van der Waals surface area contributed by atoms with Gasteiger partial charge in [0.25, 0.3) is 0 Å². The molecule has 3 heteroatoms. The summed E-state index contributed by atoms with van der Waals surface area (Å²) in [7, 11) is 4.02. The van der Waals surface area contributed by atoms with E-state index in [0.717, 1.165) is 30.6 Å². The smallest absolute Gasteiger partial charge is 0.119 e. The Labute approximate surface area is 145 Å². The summed E-state index contributed by atoms with van der Waals surface area (Å²) in [6, 6.07) is 7.19. The van der Waals surface area contributed by atoms with E-state index in [1.54, 1.807) is 18.4 Å². The van der Waals surface area contributed by atoms with Crippen molar-refractivity contribution in [3.8, 4) is 5.75 Å². The molecule has 0 saturated heterocycles. The van der Waals surface area contributed by atoms with Gasteiger partial charge in [-0.1, -0.05) is 20.3 Å². The van der Waals surface area contributed by atoms with Gasteiger partial charge in [-0.15, -0.1) is 0 Å². The zero-order valence-corrected chi connectivity index (χ0v) is 15.4. The van der Waals surface area contributed by atoms with E-state index in [-0.39, 0.29) is 0 Å². The Morgan fingerprint density at radius 2 is 2.12 bits per heavy atom. The van der Waals surface area contributed by atoms with Crippen molar-refractivity contribution in [1.82, 2.24) is 9.88 Å². The van der Waals surface area contributed by atoms with Gasteiger partial charge in [-0.3, -0.25) is 0 Å². The third-order valence-electron chi connectivity index (χ3n) is 6.49. The monoisotopic (exact) mass is 326 g/mol. The van der Waals surface area contributed by atoms with Crippen LogP contribution in [0.4, 0.5) is 0 Å². The molecule has 1 aliphatic heterocycles. The van der Waals surface area contributed by atoms with Crippen LogP contribution in [0.2, 0.25) is 0 Å². The van der Waals surface area contributed by atoms with Crippen LogP contribution < -0.4 is 10.1 Å². The van der Waals surface area contributed by atoms with E-state index >= 15 is 0 Å². The maximum Gasteiger partial charge on any atom is 0.119 e. The second-order valence-electron chi connectivity index (χ2n) is 7.89. The Balaban J connectivity index is 1.89. The summed E-state index contributed by atoms with van der Waals surface area (Å²) < 4.78 is 7.96. The van der Waals surface area contributed by atoms with Crippen LogP contribution in [-0.4, -0.2) is 24.3 Å². The van der Waals surface area contributed by atoms with Gasteiger partial charge in [0.2, 0.25) is 0 Å². The average molecular weight is 326 g/mol. The zero-order valence-electron chi connectivity index (χ0n) is 15.4. The van der Waals surface area contributed by atoms with Crippen LogP contribution >= 0.6 is 0 Å². The number of rotatable bonds is 2. The van der Waals surface area contributed by atoms with Crippen LogP contribution in [-0.2, 0) is 13.5 Å². The van der Waals surface area contributed by atoms with Crippen LogP contribution in [0.25, 0.3) is 10.9 Å². The highest BCUT2D eigenvalue weighted by Gasteiger charge is 2.40. The predicted molar refractivity (Wildman–Crippen MR) is 99.9 cm³/mol. The highest BCUT2D eigenvalue weighted by molar-refractivity contribution is 5.87. The maximum absolute atomic E-state index is 5.49. The normalized spacial score (nSPS) is 29.8. The molecule has 4 atom stereocenters. The van der Waals surface area contributed by atoms with E-state index in [4.69, 9.17) is 4.74 Å². The molecule has 2 heterocycles. The van der Waals surface area contributed by atoms with Crippen LogP contribution in [0.5, 0.6) is 5.75 Å². The topological polar surface area (TPSA) is 26.2 Å². The molecule has 1 aromatic heterocycles. The molecule has 1 aliphatic carbocycles. The van der Waals surface area contributed by atoms with Gasteiger partial charge in [0.15, 0.2) is 0 Å². The molecule has 130 valence electrons. The lowest BCUT2D eigenvalue weighted by Crippen LogP contribution is -2.45. The Hall–Kier alpha value is -1.48. The molecule has 2 unspecified atom stereocenters. The van der Waals surface area contributed by atoms with Gasteiger partial charge in [0.05, 0.1) is 7.11 Å². The lowest BCUT2D eigenvalue weighted by Gasteiger charge is -2.41. The molecule has 4 rings (SSSR count). The second-order valence-corrected chi connectivity index (χ2v) is 7.89. The lowest BCUT2D eigenvalue weighted by atomic mass is 9.70. The van der Waals surface area contributed by atoms with E-state index in [1.165, 1.54) is 30.2 Å². The van der Waals surface area contributed by atoms with Crippen LogP contribution in [0.15, 0.2) is 18.2 Å². The van der Waals surface area contributed by atoms with Gasteiger partial charge in [-0.2, -0.15) is 0 Å². The van der Waals surface area contributed by atoms with Gasteiger partial charge in [-0.25, -0.2) is 0 Å². The van der Waals surface area contributed by atoms with E-state index in [2.05, 4.69) is 49.0 Å². The summed E-state index contributed by atoms with van der Waals surface area (Å²) in [6.07, 6.45) is 5.09. The fourth-order valence-corrected chi connectivity index (χ4v) is 5.43. The zero-order chi connectivity index (χ0) is 16.8. The summed E-state index contributed by atoms with van der Waals surface area (Å²) in [6.45, 7) is 5.89. The number of ether oxygens (including phenoxy) is 1. The van der Waals surface area contributed by atoms with Crippen molar-refractivity contribution in [2.75, 3.05) is 13.7 Å². The number of nitrogens with zero attached hydrogens (tertiary/aromatic N) is 1. The summed E-state index contributed by atoms with van der Waals surface area (Å²) in [4.78, 5) is 0. The third kappa shape index (κ3) is 2.36. The minimum absolute atomic E-state index is 0.636. The van der Waals surface area contributed by atoms with E-state index in [0.29, 0.717) is 12.0 Å². The largest absolute Gasteiger partial charge is 0.497 e. The predicted octanol–water partition coefficient (Wildman–Crippen LogP) is 4.24. The van der Waals surface area contributed by atoms with Gasteiger partial charge in [0, 0.05) is 35.6 Å². The van der Waals surface area contributed by atoms with E-state index in [1.807, 2.05) is 0 Å². The molecule has 3 nitrogen and oxygen atoms in total. The number of aryl methyl sites for hydroxylation is 1. The SMILES string of the molecule is CC[C@H]1CC(C)C[C@H]2c3c(c4cc(OC)ccc4n3C)CCNC12. The van der Waals surface area contributed by atoms with Crippen molar-refractivity contribution >= 4 is 10.9 Å². The van der Waals surface area contributed by atoms with Crippen LogP contribution in [0.3, 0.4) is 0 Å². The van der Waals surface area contributed by atoms with Crippen molar-refractivity contribution in [2.24, 2.45) is 18.9 Å². The van der Waals surface area contributed by atoms with Crippen molar-refractivity contribution in [3.05, 3.63) is 29.5 Å². The average Bonchev–Trinajstić information content (AvgIpc) is 2.75. The molecule has 1 saturated carbocycles. The first-order chi connectivity index (χ1) is 11.6. The van der Waals surface area contributed by atoms with Crippen molar-refractivity contribution in [1.29, 1.82) is 0 Å². The second kappa shape index (κ2) is 6.11. The van der Waals surface area contributed by atoms with Crippen molar-refractivity contribution < 1.29 is 4.74 Å². The third-order valence-corrected chi connectivity index (χ3v) is 6.49. The summed E-state index contributed by atoms with van der Waals surface area (Å²) in [5.74, 6) is 3.22. The standard InChI is InChI=1S/C21H30N2O/c1-5-14-10-13(2)11-18-20(14)22-9-8-16-17-12-15(24-4)6-7-19(17)23(3)21(16)18/h6-7,12-14,18,20,22H,5,8-11H2,1-4H3/t13?,14-,18+,20?/m0/s1. The lowest BCUT2D eigenvalue weighted by molar-refractivity contribution is 0.180. The number of methoxy groups -OCH3 is 1. The Morgan fingerprint density at radius 3 is 2.88 bits per heavy atom. The Kier molecular flexibility index (Phi) is 4.07. The molecule has 2 aliphatic rings. The number of fused-ring (bicyclic) bond motifs is 5. The van der Waals surface area contributed by atoms with E-state index < -0.39 is 0 Å². The highest BCUT2D eigenvalue weighted by Crippen LogP contribution is 2.45. The van der Waals surface area contributed by atoms with Gasteiger partial charge < -0.3 is 14.6 Å². The Morgan fingerprint density at radius 1 is 1.29 bits per heavy atom. The highest BCUT2D eigenvalue weighted by atomic mass is 16.5. The molecule has 0 amide bonds. The minimum atomic E-state index is 0.636. The van der Waals surface area contributed by atoms with Gasteiger partial charge in [-0.05, 0) is 61.4 Å². The first kappa shape index (κ1) is 16.0. The fraction of sp³-hybridized carbons (Fsp3) is 0.619. The van der Waals surface area contributed by atoms with Crippen molar-refractivity contribution in [3.63, 3.8) is 0 Å². The summed E-state index contributed by atoms with van der Waals surface area (Å²) in [5, 5.41) is 5.30. The van der Waals surface area contributed by atoms with E-state index in [9.17, 15) is 0 Å². The first-order valence-electron chi connectivity index (χ1n) is 9.52. The summed E-state index contributed by atoms with van der Waals surface area (Å²) >= 11 is 0. The number of benzene rings is 1. The number of nitrogens with one attached hydrogen (secondary N) is 1. The molecule has 1 fully saturated rings. The molecule has 1 aromatic carbocycles. The maximum atomic E-state index is 5.49. The molecular formula is C21H30N2O. The molecule has 0 bridgehead atoms. The van der Waals surface area contributed by atoms with Crippen LogP contribution in [0, 0.1) is 11.8 Å².